The summed E-state index contributed by atoms with van der Waals surface area (Å²) < 4.78 is 19.6. The molecule has 0 aliphatic carbocycles. The van der Waals surface area contributed by atoms with Crippen LogP contribution in [-0.4, -0.2) is 11.1 Å². The van der Waals surface area contributed by atoms with E-state index in [9.17, 15) is 9.18 Å². The van der Waals surface area contributed by atoms with Crippen molar-refractivity contribution >= 4 is 73.9 Å². The number of halogens is 3. The number of benzene rings is 2. The molecule has 29 heavy (non-hydrogen) atoms. The summed E-state index contributed by atoms with van der Waals surface area (Å²) >= 11 is 12.0. The Kier molecular flexibility index (Phi) is 6.15. The maximum atomic E-state index is 13.0. The molecule has 1 aromatic heterocycles. The molecule has 0 spiro atoms. The summed E-state index contributed by atoms with van der Waals surface area (Å²) in [7, 11) is 0. The van der Waals surface area contributed by atoms with Gasteiger partial charge in [-0.1, -0.05) is 23.4 Å². The molecule has 9 heteroatoms. The number of furan rings is 1. The highest BCUT2D eigenvalue weighted by Crippen LogP contribution is 2.38. The van der Waals surface area contributed by atoms with Crippen molar-refractivity contribution in [3.05, 3.63) is 80.6 Å². The van der Waals surface area contributed by atoms with Gasteiger partial charge in [-0.2, -0.15) is 0 Å². The zero-order valence-electron chi connectivity index (χ0n) is 14.5. The molecular formula is C20H11BrClFN2O2S2. The molecule has 0 saturated carbocycles. The van der Waals surface area contributed by atoms with Gasteiger partial charge in [0, 0.05) is 16.0 Å². The van der Waals surface area contributed by atoms with E-state index in [0.29, 0.717) is 31.6 Å². The Bertz CT molecular complexity index is 1130. The van der Waals surface area contributed by atoms with Gasteiger partial charge < -0.3 is 9.73 Å². The fourth-order valence-electron chi connectivity index (χ4n) is 2.36. The van der Waals surface area contributed by atoms with Crippen LogP contribution in [0.5, 0.6) is 0 Å². The van der Waals surface area contributed by atoms with Crippen LogP contribution in [0.4, 0.5) is 10.1 Å². The zero-order chi connectivity index (χ0) is 20.4. The third kappa shape index (κ3) is 5.14. The number of aliphatic imine (C=N–C) groups is 1. The number of nitrogens with one attached hydrogen (secondary N) is 1. The first kappa shape index (κ1) is 20.3. The topological polar surface area (TPSA) is 54.6 Å². The molecule has 146 valence electrons. The van der Waals surface area contributed by atoms with Crippen molar-refractivity contribution in [3.8, 4) is 0 Å². The van der Waals surface area contributed by atoms with Crippen molar-refractivity contribution in [2.75, 3.05) is 0 Å². The summed E-state index contributed by atoms with van der Waals surface area (Å²) in [4.78, 5) is 18.0. The molecule has 0 unspecified atom stereocenters. The molecule has 1 amide bonds. The maximum absolute atomic E-state index is 13.0. The summed E-state index contributed by atoms with van der Waals surface area (Å²) in [5, 5.41) is 4.46. The van der Waals surface area contributed by atoms with E-state index in [2.05, 4.69) is 26.2 Å². The number of hydrogen-bond donors (Lipinski definition) is 1. The van der Waals surface area contributed by atoms with Crippen molar-refractivity contribution in [2.24, 2.45) is 4.99 Å². The van der Waals surface area contributed by atoms with Crippen LogP contribution in [0.2, 0.25) is 5.02 Å². The van der Waals surface area contributed by atoms with Crippen molar-refractivity contribution in [1.29, 1.82) is 0 Å². The Hall–Kier alpha value is -2.00. The fraction of sp³-hybridized carbons (Fsp3) is 0. The largest absolute Gasteiger partial charge is 0.449 e. The highest BCUT2D eigenvalue weighted by molar-refractivity contribution is 9.10. The predicted molar refractivity (Wildman–Crippen MR) is 119 cm³/mol. The summed E-state index contributed by atoms with van der Waals surface area (Å²) in [6.45, 7) is 0. The second-order valence-electron chi connectivity index (χ2n) is 5.80. The molecule has 1 fully saturated rings. The first-order chi connectivity index (χ1) is 14.0. The molecular weight excluding hydrogens is 499 g/mol. The molecule has 0 bridgehead atoms. The van der Waals surface area contributed by atoms with E-state index in [4.69, 9.17) is 16.0 Å². The van der Waals surface area contributed by atoms with E-state index < -0.39 is 0 Å². The molecule has 1 aliphatic rings. The molecule has 2 heterocycles. The van der Waals surface area contributed by atoms with Gasteiger partial charge in [0.05, 0.1) is 15.1 Å². The second-order valence-corrected chi connectivity index (χ2v) is 9.17. The lowest BCUT2D eigenvalue weighted by Gasteiger charge is -1.98. The minimum atomic E-state index is -0.340. The molecule has 4 nitrogen and oxygen atoms in total. The van der Waals surface area contributed by atoms with Gasteiger partial charge in [-0.3, -0.25) is 4.79 Å². The zero-order valence-corrected chi connectivity index (χ0v) is 18.5. The molecule has 1 aliphatic heterocycles. The highest BCUT2D eigenvalue weighted by Gasteiger charge is 2.24. The van der Waals surface area contributed by atoms with Gasteiger partial charge in [-0.15, -0.1) is 0 Å². The summed E-state index contributed by atoms with van der Waals surface area (Å²) in [5.74, 6) is -0.0716. The fourth-order valence-corrected chi connectivity index (χ4v) is 4.64. The Morgan fingerprint density at radius 3 is 2.62 bits per heavy atom. The lowest BCUT2D eigenvalue weighted by Crippen LogP contribution is -2.19. The Balaban J connectivity index is 1.51. The van der Waals surface area contributed by atoms with Crippen molar-refractivity contribution in [1.82, 2.24) is 5.32 Å². The van der Waals surface area contributed by atoms with Gasteiger partial charge in [-0.25, -0.2) is 9.38 Å². The molecule has 2 aromatic carbocycles. The van der Waals surface area contributed by atoms with Crippen molar-refractivity contribution < 1.29 is 13.6 Å². The second kappa shape index (κ2) is 8.79. The smallest absolute Gasteiger partial charge is 0.264 e. The van der Waals surface area contributed by atoms with E-state index >= 15 is 0 Å². The van der Waals surface area contributed by atoms with E-state index in [1.807, 2.05) is 24.3 Å². The third-order valence-electron chi connectivity index (χ3n) is 3.68. The van der Waals surface area contributed by atoms with Gasteiger partial charge in [0.1, 0.15) is 11.6 Å². The van der Waals surface area contributed by atoms with Crippen LogP contribution in [0, 0.1) is 5.82 Å². The Morgan fingerprint density at radius 2 is 1.90 bits per heavy atom. The predicted octanol–water partition coefficient (Wildman–Crippen LogP) is 6.88. The van der Waals surface area contributed by atoms with Crippen LogP contribution >= 0.6 is 51.1 Å². The molecule has 1 saturated heterocycles. The van der Waals surface area contributed by atoms with Gasteiger partial charge in [0.25, 0.3) is 5.91 Å². The van der Waals surface area contributed by atoms with Gasteiger partial charge in [0.15, 0.2) is 10.3 Å². The van der Waals surface area contributed by atoms with E-state index in [-0.39, 0.29) is 11.7 Å². The quantitative estimate of drug-likeness (QED) is 0.390. The molecule has 4 rings (SSSR count). The van der Waals surface area contributed by atoms with Crippen molar-refractivity contribution in [2.45, 2.75) is 9.99 Å². The summed E-state index contributed by atoms with van der Waals surface area (Å²) in [6, 6.07) is 14.9. The first-order valence-electron chi connectivity index (χ1n) is 8.24. The van der Waals surface area contributed by atoms with E-state index in [1.165, 1.54) is 35.7 Å². The highest BCUT2D eigenvalue weighted by atomic mass is 79.9. The van der Waals surface area contributed by atoms with E-state index in [1.54, 1.807) is 24.3 Å². The van der Waals surface area contributed by atoms with Gasteiger partial charge in [0.2, 0.25) is 0 Å². The van der Waals surface area contributed by atoms with Gasteiger partial charge >= 0.3 is 0 Å². The van der Waals surface area contributed by atoms with Gasteiger partial charge in [-0.05, 0) is 82.3 Å². The summed E-state index contributed by atoms with van der Waals surface area (Å²) in [6.07, 6.45) is 1.66. The number of carbonyl (C=O) groups excluding carboxylic acids is 1. The number of hydrogen-bond acceptors (Lipinski definition) is 5. The SMILES string of the molecule is O=C1NC(=Nc2ccc(F)cc2)S/C1=C/c1cc(Br)c(Sc2ccc(Cl)cc2)o1. The average Bonchev–Trinajstić information content (AvgIpc) is 3.21. The lowest BCUT2D eigenvalue weighted by atomic mass is 10.3. The monoisotopic (exact) mass is 508 g/mol. The normalized spacial score (nSPS) is 16.6. The van der Waals surface area contributed by atoms with Crippen LogP contribution in [-0.2, 0) is 4.79 Å². The molecule has 1 N–H and O–H groups in total. The van der Waals surface area contributed by atoms with Crippen LogP contribution in [0.1, 0.15) is 5.76 Å². The van der Waals surface area contributed by atoms with Crippen molar-refractivity contribution in [3.63, 3.8) is 0 Å². The maximum Gasteiger partial charge on any atom is 0.264 e. The lowest BCUT2D eigenvalue weighted by molar-refractivity contribution is -0.115. The average molecular weight is 510 g/mol. The van der Waals surface area contributed by atoms with Crippen LogP contribution in [0.3, 0.4) is 0 Å². The van der Waals surface area contributed by atoms with E-state index in [0.717, 1.165) is 9.37 Å². The number of nitrogens with zero attached hydrogens (tertiary/aromatic N) is 1. The molecule has 3 aromatic rings. The standard InChI is InChI=1S/C20H11BrClFN2O2S2/c21-16-9-14(27-19(16)28-15-7-1-11(22)2-8-15)10-17-18(26)25-20(29-17)24-13-5-3-12(23)4-6-13/h1-10H,(H,24,25,26)/b17-10+. The van der Waals surface area contributed by atoms with Crippen LogP contribution < -0.4 is 5.32 Å². The Morgan fingerprint density at radius 1 is 1.17 bits per heavy atom. The number of thioether (sulfide) groups is 1. The third-order valence-corrected chi connectivity index (χ3v) is 6.69. The molecule has 0 radical (unpaired) electrons. The number of carbonyl (C=O) groups is 1. The Labute approximate surface area is 187 Å². The van der Waals surface area contributed by atoms with Crippen LogP contribution in [0.25, 0.3) is 6.08 Å². The minimum absolute atomic E-state index is 0.268. The summed E-state index contributed by atoms with van der Waals surface area (Å²) in [5.41, 5.74) is 0.554. The first-order valence-corrected chi connectivity index (χ1v) is 11.0. The number of rotatable bonds is 4. The number of amides is 1. The minimum Gasteiger partial charge on any atom is -0.449 e. The number of amidine groups is 1. The van der Waals surface area contributed by atoms with Crippen LogP contribution in [0.15, 0.2) is 83.4 Å². The molecule has 0 atom stereocenters.